The average molecular weight is 462 g/mol. The number of ether oxygens (including phenoxy) is 2. The highest BCUT2D eigenvalue weighted by Crippen LogP contribution is 2.33. The first-order chi connectivity index (χ1) is 16.4. The number of rotatable bonds is 6. The minimum absolute atomic E-state index is 0.0333. The zero-order chi connectivity index (χ0) is 24.2. The van der Waals surface area contributed by atoms with Crippen molar-refractivity contribution in [2.75, 3.05) is 13.7 Å². The molecular weight excluding hydrogens is 439 g/mol. The predicted molar refractivity (Wildman–Crippen MR) is 123 cm³/mol. The van der Waals surface area contributed by atoms with E-state index in [0.29, 0.717) is 28.5 Å². The molecular formula is C25H23FN4O4. The summed E-state index contributed by atoms with van der Waals surface area (Å²) >= 11 is 0. The second kappa shape index (κ2) is 9.75. The van der Waals surface area contributed by atoms with Gasteiger partial charge in [0.2, 0.25) is 5.88 Å². The monoisotopic (exact) mass is 462 g/mol. The highest BCUT2D eigenvalue weighted by atomic mass is 19.1. The first-order valence-corrected chi connectivity index (χ1v) is 10.7. The van der Waals surface area contributed by atoms with E-state index >= 15 is 0 Å². The Hall–Kier alpha value is -4.19. The Bertz CT molecular complexity index is 1300. The molecule has 3 N–H and O–H groups in total. The summed E-state index contributed by atoms with van der Waals surface area (Å²) in [5.74, 6) is 4.71. The SMILES string of the molecule is CC[C@@H]1[C@H](F)C(=O)N[C@@H]1COc1ncc(C#Cc2ccccn2)c2cc(C(N)=O)c(OC)cc12. The highest BCUT2D eigenvalue weighted by molar-refractivity contribution is 6.03. The number of nitrogens with one attached hydrogen (secondary N) is 1. The van der Waals surface area contributed by atoms with E-state index < -0.39 is 29.9 Å². The zero-order valence-electron chi connectivity index (χ0n) is 18.7. The van der Waals surface area contributed by atoms with Gasteiger partial charge in [-0.25, -0.2) is 14.4 Å². The smallest absolute Gasteiger partial charge is 0.255 e. The molecule has 1 saturated heterocycles. The summed E-state index contributed by atoms with van der Waals surface area (Å²) in [7, 11) is 1.42. The van der Waals surface area contributed by atoms with E-state index in [4.69, 9.17) is 15.2 Å². The molecule has 2 amide bonds. The first-order valence-electron chi connectivity index (χ1n) is 10.7. The van der Waals surface area contributed by atoms with E-state index in [1.165, 1.54) is 13.3 Å². The molecule has 34 heavy (non-hydrogen) atoms. The maximum Gasteiger partial charge on any atom is 0.255 e. The summed E-state index contributed by atoms with van der Waals surface area (Å²) in [6, 6.07) is 8.09. The molecule has 0 spiro atoms. The number of primary amides is 1. The molecule has 1 aliphatic rings. The minimum Gasteiger partial charge on any atom is -0.496 e. The van der Waals surface area contributed by atoms with Gasteiger partial charge >= 0.3 is 0 Å². The fourth-order valence-corrected chi connectivity index (χ4v) is 3.98. The van der Waals surface area contributed by atoms with E-state index in [0.717, 1.165) is 0 Å². The van der Waals surface area contributed by atoms with Crippen LogP contribution in [0.25, 0.3) is 10.8 Å². The van der Waals surface area contributed by atoms with Gasteiger partial charge in [-0.2, -0.15) is 0 Å². The number of hydrogen-bond acceptors (Lipinski definition) is 6. The zero-order valence-corrected chi connectivity index (χ0v) is 18.7. The summed E-state index contributed by atoms with van der Waals surface area (Å²) in [4.78, 5) is 32.3. The number of fused-ring (bicyclic) bond motifs is 1. The maximum absolute atomic E-state index is 14.1. The van der Waals surface area contributed by atoms with Gasteiger partial charge in [0.1, 0.15) is 18.1 Å². The van der Waals surface area contributed by atoms with Crippen LogP contribution in [0.2, 0.25) is 0 Å². The van der Waals surface area contributed by atoms with Crippen LogP contribution in [-0.4, -0.2) is 47.7 Å². The summed E-state index contributed by atoms with van der Waals surface area (Å²) in [6.07, 6.45) is 2.08. The van der Waals surface area contributed by atoms with Crippen molar-refractivity contribution < 1.29 is 23.5 Å². The topological polar surface area (TPSA) is 116 Å². The van der Waals surface area contributed by atoms with Crippen molar-refractivity contribution in [2.45, 2.75) is 25.6 Å². The number of halogens is 1. The molecule has 1 fully saturated rings. The van der Waals surface area contributed by atoms with Gasteiger partial charge in [0.25, 0.3) is 11.8 Å². The van der Waals surface area contributed by atoms with Gasteiger partial charge in [0, 0.05) is 29.1 Å². The number of hydrogen-bond donors (Lipinski definition) is 2. The molecule has 0 bridgehead atoms. The molecule has 9 heteroatoms. The average Bonchev–Trinajstić information content (AvgIpc) is 3.13. The lowest BCUT2D eigenvalue weighted by molar-refractivity contribution is -0.123. The molecule has 2 aromatic heterocycles. The normalized spacial score (nSPS) is 19.3. The number of carbonyl (C=O) groups excluding carboxylic acids is 2. The van der Waals surface area contributed by atoms with E-state index in [-0.39, 0.29) is 23.8 Å². The molecule has 3 heterocycles. The van der Waals surface area contributed by atoms with Gasteiger partial charge in [-0.05, 0) is 36.6 Å². The number of nitrogens with two attached hydrogens (primary N) is 1. The minimum atomic E-state index is -1.56. The molecule has 0 aliphatic carbocycles. The van der Waals surface area contributed by atoms with E-state index in [2.05, 4.69) is 27.1 Å². The quantitative estimate of drug-likeness (QED) is 0.544. The lowest BCUT2D eigenvalue weighted by Crippen LogP contribution is -2.34. The Balaban J connectivity index is 1.75. The number of aromatic nitrogens is 2. The molecule has 8 nitrogen and oxygen atoms in total. The van der Waals surface area contributed by atoms with Crippen LogP contribution >= 0.6 is 0 Å². The third-order valence-electron chi connectivity index (χ3n) is 5.77. The third kappa shape index (κ3) is 4.48. The van der Waals surface area contributed by atoms with E-state index in [1.54, 1.807) is 30.5 Å². The lowest BCUT2D eigenvalue weighted by atomic mass is 9.97. The van der Waals surface area contributed by atoms with Crippen LogP contribution in [0.5, 0.6) is 11.6 Å². The molecule has 0 radical (unpaired) electrons. The van der Waals surface area contributed by atoms with Gasteiger partial charge in [-0.1, -0.05) is 18.9 Å². The molecule has 3 atom stereocenters. The van der Waals surface area contributed by atoms with Crippen LogP contribution in [0.1, 0.15) is 35.0 Å². The van der Waals surface area contributed by atoms with Crippen molar-refractivity contribution >= 4 is 22.6 Å². The van der Waals surface area contributed by atoms with Crippen LogP contribution in [0.4, 0.5) is 4.39 Å². The number of methoxy groups -OCH3 is 1. The van der Waals surface area contributed by atoms with Crippen molar-refractivity contribution in [3.8, 4) is 23.5 Å². The number of alkyl halides is 1. The van der Waals surface area contributed by atoms with Crippen molar-refractivity contribution in [3.05, 3.63) is 59.5 Å². The van der Waals surface area contributed by atoms with Crippen LogP contribution in [0, 0.1) is 17.8 Å². The number of benzene rings is 1. The van der Waals surface area contributed by atoms with Crippen molar-refractivity contribution in [1.29, 1.82) is 0 Å². The molecule has 0 unspecified atom stereocenters. The fourth-order valence-electron chi connectivity index (χ4n) is 3.98. The number of carbonyl (C=O) groups is 2. The standard InChI is InChI=1S/C25H23FN4O4/c1-3-16-20(30-24(32)22(16)26)13-34-25-18-11-21(33-2)19(23(27)31)10-17(18)14(12-29-25)7-8-15-6-4-5-9-28-15/h4-6,9-12,16,20,22H,3,13H2,1-2H3,(H2,27,31)(H,30,32)/t16-,20+,22-/m0/s1. The molecule has 1 aliphatic heterocycles. The van der Waals surface area contributed by atoms with Crippen LogP contribution in [0.3, 0.4) is 0 Å². The number of amides is 2. The van der Waals surface area contributed by atoms with Gasteiger partial charge in [0.05, 0.1) is 24.3 Å². The molecule has 4 rings (SSSR count). The highest BCUT2D eigenvalue weighted by Gasteiger charge is 2.41. The third-order valence-corrected chi connectivity index (χ3v) is 5.77. The summed E-state index contributed by atoms with van der Waals surface area (Å²) in [6.45, 7) is 1.86. The van der Waals surface area contributed by atoms with Crippen LogP contribution in [0.15, 0.2) is 42.7 Å². The van der Waals surface area contributed by atoms with Crippen molar-refractivity contribution in [2.24, 2.45) is 11.7 Å². The Kier molecular flexibility index (Phi) is 6.59. The van der Waals surface area contributed by atoms with Gasteiger partial charge in [-0.15, -0.1) is 0 Å². The van der Waals surface area contributed by atoms with Crippen LogP contribution in [-0.2, 0) is 4.79 Å². The number of nitrogens with zero attached hydrogens (tertiary/aromatic N) is 2. The van der Waals surface area contributed by atoms with Crippen molar-refractivity contribution in [1.82, 2.24) is 15.3 Å². The summed E-state index contributed by atoms with van der Waals surface area (Å²) < 4.78 is 25.4. The second-order valence-electron chi connectivity index (χ2n) is 7.80. The molecule has 1 aromatic carbocycles. The lowest BCUT2D eigenvalue weighted by Gasteiger charge is -2.19. The van der Waals surface area contributed by atoms with E-state index in [1.807, 2.05) is 13.0 Å². The predicted octanol–water partition coefficient (Wildman–Crippen LogP) is 2.38. The van der Waals surface area contributed by atoms with Gasteiger partial charge in [-0.3, -0.25) is 9.59 Å². The Morgan fingerprint density at radius 3 is 2.74 bits per heavy atom. The van der Waals surface area contributed by atoms with E-state index in [9.17, 15) is 14.0 Å². The Labute approximate surface area is 195 Å². The molecule has 3 aromatic rings. The summed E-state index contributed by atoms with van der Waals surface area (Å²) in [5.41, 5.74) is 6.83. The van der Waals surface area contributed by atoms with Crippen molar-refractivity contribution in [3.63, 3.8) is 0 Å². The van der Waals surface area contributed by atoms with Gasteiger partial charge < -0.3 is 20.5 Å². The van der Waals surface area contributed by atoms with Gasteiger partial charge in [0.15, 0.2) is 6.17 Å². The molecule has 0 saturated carbocycles. The Morgan fingerprint density at radius 2 is 2.06 bits per heavy atom. The second-order valence-corrected chi connectivity index (χ2v) is 7.80. The maximum atomic E-state index is 14.1. The number of pyridine rings is 2. The first kappa shape index (κ1) is 23.0. The largest absolute Gasteiger partial charge is 0.496 e. The summed E-state index contributed by atoms with van der Waals surface area (Å²) in [5, 5.41) is 3.75. The van der Waals surface area contributed by atoms with Crippen LogP contribution < -0.4 is 20.5 Å². The molecule has 174 valence electrons. The fraction of sp³-hybridized carbons (Fsp3) is 0.280. The Morgan fingerprint density at radius 1 is 1.24 bits per heavy atom.